The van der Waals surface area contributed by atoms with E-state index in [0.29, 0.717) is 0 Å². The number of nitrogens with zero attached hydrogens (tertiary/aromatic N) is 1. The first-order valence-corrected chi connectivity index (χ1v) is 1.85. The van der Waals surface area contributed by atoms with Crippen molar-refractivity contribution in [3.63, 3.8) is 0 Å². The Bertz CT molecular complexity index is 80.0. The molecule has 0 aliphatic heterocycles. The van der Waals surface area contributed by atoms with Crippen molar-refractivity contribution in [1.82, 2.24) is 4.98 Å². The molecule has 0 amide bonds. The first-order chi connectivity index (χ1) is 3.00. The number of hydrogen-bond acceptors (Lipinski definition) is 1. The predicted octanol–water partition coefficient (Wildman–Crippen LogP) is 1.08. The molecule has 0 atom stereocenters. The van der Waals surface area contributed by atoms with E-state index in [0.717, 1.165) is 0 Å². The maximum Gasteiger partial charge on any atom is 4.00 e. The zero-order valence-electron chi connectivity index (χ0n) is 3.74. The molecule has 0 spiro atoms. The van der Waals surface area contributed by atoms with E-state index in [1.807, 2.05) is 18.2 Å². The fraction of sp³-hybridized carbons (Fsp3) is 0. The maximum absolute atomic E-state index is 3.78. The summed E-state index contributed by atoms with van der Waals surface area (Å²) >= 11 is 0. The third-order valence-corrected chi connectivity index (χ3v) is 0.566. The fourth-order valence-corrected chi connectivity index (χ4v) is 0.313. The van der Waals surface area contributed by atoms with Gasteiger partial charge in [-0.3, -0.25) is 4.98 Å². The van der Waals surface area contributed by atoms with Crippen molar-refractivity contribution in [3.8, 4) is 0 Å². The topological polar surface area (TPSA) is 12.9 Å². The molecule has 2 heteroatoms. The van der Waals surface area contributed by atoms with E-state index in [4.69, 9.17) is 0 Å². The van der Waals surface area contributed by atoms with Crippen LogP contribution in [0.5, 0.6) is 0 Å². The van der Waals surface area contributed by atoms with E-state index in [1.54, 1.807) is 12.4 Å². The monoisotopic (exact) mass is 177 g/mol. The summed E-state index contributed by atoms with van der Waals surface area (Å²) in [6.45, 7) is 0. The molecule has 0 bridgehead atoms. The van der Waals surface area contributed by atoms with Gasteiger partial charge in [0, 0.05) is 12.4 Å². The van der Waals surface area contributed by atoms with Crippen LogP contribution in [0.15, 0.2) is 30.6 Å². The van der Waals surface area contributed by atoms with Crippen molar-refractivity contribution < 1.29 is 21.1 Å². The summed E-state index contributed by atoms with van der Waals surface area (Å²) in [5, 5.41) is 0. The van der Waals surface area contributed by atoms with Crippen LogP contribution in [0.25, 0.3) is 0 Å². The minimum atomic E-state index is 0. The van der Waals surface area contributed by atoms with Gasteiger partial charge in [0.25, 0.3) is 0 Å². The summed E-state index contributed by atoms with van der Waals surface area (Å²) in [4.78, 5) is 3.78. The molecule has 0 fully saturated rings. The Balaban J connectivity index is 0.000000360. The molecule has 0 aliphatic rings. The maximum atomic E-state index is 3.78. The van der Waals surface area contributed by atoms with Gasteiger partial charge in [0.15, 0.2) is 0 Å². The van der Waals surface area contributed by atoms with Gasteiger partial charge >= 0.3 is 21.1 Å². The molecule has 1 heterocycles. The molecule has 0 aliphatic carbocycles. The van der Waals surface area contributed by atoms with Crippen molar-refractivity contribution in [2.24, 2.45) is 0 Å². The van der Waals surface area contributed by atoms with Gasteiger partial charge in [-0.1, -0.05) is 6.07 Å². The molecule has 7 heavy (non-hydrogen) atoms. The molecule has 1 aromatic rings. The molecule has 0 saturated heterocycles. The Hall–Kier alpha value is -0.162. The molecular formula is C5H5MoN+4. The Kier molecular flexibility index (Phi) is 3.92. The zero-order valence-corrected chi connectivity index (χ0v) is 5.75. The fourth-order valence-electron chi connectivity index (χ4n) is 0.313. The van der Waals surface area contributed by atoms with Crippen molar-refractivity contribution in [2.75, 3.05) is 0 Å². The SMILES string of the molecule is [Mo+4].c1ccncc1. The Labute approximate surface area is 57.0 Å². The number of aromatic nitrogens is 1. The van der Waals surface area contributed by atoms with Crippen LogP contribution in [-0.2, 0) is 21.1 Å². The van der Waals surface area contributed by atoms with Gasteiger partial charge in [0.05, 0.1) is 0 Å². The molecule has 0 N–H and O–H groups in total. The molecule has 0 aromatic carbocycles. The molecule has 1 aromatic heterocycles. The third kappa shape index (κ3) is 2.52. The van der Waals surface area contributed by atoms with Gasteiger partial charge in [0.1, 0.15) is 0 Å². The van der Waals surface area contributed by atoms with Crippen molar-refractivity contribution >= 4 is 0 Å². The molecule has 0 saturated carbocycles. The van der Waals surface area contributed by atoms with Gasteiger partial charge in [-0.2, -0.15) is 0 Å². The summed E-state index contributed by atoms with van der Waals surface area (Å²) < 4.78 is 0. The third-order valence-electron chi connectivity index (χ3n) is 0.566. The Morgan fingerprint density at radius 3 is 1.57 bits per heavy atom. The van der Waals surface area contributed by atoms with Crippen molar-refractivity contribution in [3.05, 3.63) is 30.6 Å². The Morgan fingerprint density at radius 1 is 0.857 bits per heavy atom. The van der Waals surface area contributed by atoms with Gasteiger partial charge in [-0.05, 0) is 12.1 Å². The van der Waals surface area contributed by atoms with Crippen LogP contribution >= 0.6 is 0 Å². The Morgan fingerprint density at radius 2 is 1.43 bits per heavy atom. The smallest absolute Gasteiger partial charge is 0.265 e. The van der Waals surface area contributed by atoms with E-state index in [1.165, 1.54) is 0 Å². The van der Waals surface area contributed by atoms with Crippen LogP contribution < -0.4 is 0 Å². The van der Waals surface area contributed by atoms with E-state index >= 15 is 0 Å². The molecule has 32 valence electrons. The molecule has 0 radical (unpaired) electrons. The first kappa shape index (κ1) is 6.84. The minimum absolute atomic E-state index is 0. The van der Waals surface area contributed by atoms with Crippen molar-refractivity contribution in [2.45, 2.75) is 0 Å². The van der Waals surface area contributed by atoms with Crippen molar-refractivity contribution in [1.29, 1.82) is 0 Å². The van der Waals surface area contributed by atoms with E-state index in [2.05, 4.69) is 4.98 Å². The van der Waals surface area contributed by atoms with Gasteiger partial charge in [0.2, 0.25) is 0 Å². The molecule has 1 nitrogen and oxygen atoms in total. The first-order valence-electron chi connectivity index (χ1n) is 1.85. The quantitative estimate of drug-likeness (QED) is 0.537. The normalized spacial score (nSPS) is 6.86. The standard InChI is InChI=1S/C5H5N.Mo/c1-2-4-6-5-3-1;/h1-5H;/q;+4. The van der Waals surface area contributed by atoms with Gasteiger partial charge in [-0.15, -0.1) is 0 Å². The molecule has 1 rings (SSSR count). The van der Waals surface area contributed by atoms with E-state index in [-0.39, 0.29) is 21.1 Å². The molecular weight excluding hydrogens is 170 g/mol. The van der Waals surface area contributed by atoms with Gasteiger partial charge in [-0.25, -0.2) is 0 Å². The van der Waals surface area contributed by atoms with Crippen LogP contribution in [0.2, 0.25) is 0 Å². The summed E-state index contributed by atoms with van der Waals surface area (Å²) in [6.07, 6.45) is 3.50. The van der Waals surface area contributed by atoms with Crippen LogP contribution in [0.3, 0.4) is 0 Å². The predicted molar refractivity (Wildman–Crippen MR) is 24.2 cm³/mol. The van der Waals surface area contributed by atoms with Gasteiger partial charge < -0.3 is 0 Å². The van der Waals surface area contributed by atoms with Crippen LogP contribution in [-0.4, -0.2) is 4.98 Å². The minimum Gasteiger partial charge on any atom is -0.265 e. The largest absolute Gasteiger partial charge is 4.00 e. The van der Waals surface area contributed by atoms with Crippen LogP contribution in [0.4, 0.5) is 0 Å². The summed E-state index contributed by atoms with van der Waals surface area (Å²) in [7, 11) is 0. The van der Waals surface area contributed by atoms with E-state index < -0.39 is 0 Å². The van der Waals surface area contributed by atoms with Crippen LogP contribution in [0, 0.1) is 0 Å². The summed E-state index contributed by atoms with van der Waals surface area (Å²) in [5.41, 5.74) is 0. The molecule has 0 unspecified atom stereocenters. The average Bonchev–Trinajstić information content (AvgIpc) is 1.72. The number of hydrogen-bond donors (Lipinski definition) is 0. The van der Waals surface area contributed by atoms with Crippen LogP contribution in [0.1, 0.15) is 0 Å². The second-order valence-corrected chi connectivity index (χ2v) is 1.02. The average molecular weight is 175 g/mol. The second kappa shape index (κ2) is 4.01. The second-order valence-electron chi connectivity index (χ2n) is 1.02. The zero-order chi connectivity index (χ0) is 4.24. The van der Waals surface area contributed by atoms with E-state index in [9.17, 15) is 0 Å². The number of rotatable bonds is 0. The number of pyridine rings is 1. The summed E-state index contributed by atoms with van der Waals surface area (Å²) in [5.74, 6) is 0. The summed E-state index contributed by atoms with van der Waals surface area (Å²) in [6, 6.07) is 5.72.